The van der Waals surface area contributed by atoms with Crippen molar-refractivity contribution in [2.45, 2.75) is 80.4 Å². The first-order valence-corrected chi connectivity index (χ1v) is 18.6. The van der Waals surface area contributed by atoms with Crippen molar-refractivity contribution in [1.82, 2.24) is 29.4 Å². The van der Waals surface area contributed by atoms with E-state index in [1.807, 2.05) is 139 Å². The molecule has 0 radical (unpaired) electrons. The molecule has 0 atom stereocenters. The van der Waals surface area contributed by atoms with E-state index in [2.05, 4.69) is 43.4 Å². The maximum absolute atomic E-state index is 11.6. The third-order valence-electron chi connectivity index (χ3n) is 7.55. The van der Waals surface area contributed by atoms with Crippen LogP contribution in [0, 0.1) is 27.7 Å². The van der Waals surface area contributed by atoms with Crippen molar-refractivity contribution in [2.24, 2.45) is 0 Å². The molecule has 6 aromatic heterocycles. The monoisotopic (exact) mass is 792 g/mol. The van der Waals surface area contributed by atoms with Crippen LogP contribution in [0.15, 0.2) is 97.8 Å². The molecular weight excluding hydrogens is 737 g/mol. The maximum Gasteiger partial charge on any atom is 0.412 e. The predicted molar refractivity (Wildman–Crippen MR) is 229 cm³/mol. The highest BCUT2D eigenvalue weighted by Crippen LogP contribution is 2.16. The van der Waals surface area contributed by atoms with Gasteiger partial charge in [-0.1, -0.05) is 0 Å². The first-order valence-electron chi connectivity index (χ1n) is 18.6. The Labute approximate surface area is 340 Å². The fraction of sp³-hybridized carbons (Fsp3) is 0.318. The molecule has 0 aliphatic rings. The number of pyridine rings is 4. The van der Waals surface area contributed by atoms with Gasteiger partial charge in [0.05, 0.1) is 28.7 Å². The molecule has 0 unspecified atom stereocenters. The van der Waals surface area contributed by atoms with Crippen molar-refractivity contribution in [3.63, 3.8) is 0 Å². The molecule has 0 saturated carbocycles. The molecule has 14 heteroatoms. The Balaban J connectivity index is 0.000000210. The van der Waals surface area contributed by atoms with Gasteiger partial charge in [-0.05, 0) is 141 Å². The van der Waals surface area contributed by atoms with Crippen LogP contribution < -0.4 is 21.3 Å². The lowest BCUT2D eigenvalue weighted by Gasteiger charge is -2.19. The number of carbonyl (C=O) groups excluding carboxylic acids is 4. The van der Waals surface area contributed by atoms with Crippen molar-refractivity contribution in [3.8, 4) is 0 Å². The van der Waals surface area contributed by atoms with E-state index < -0.39 is 23.4 Å². The summed E-state index contributed by atoms with van der Waals surface area (Å²) in [6, 6.07) is 18.9. The second kappa shape index (κ2) is 20.5. The second-order valence-electron chi connectivity index (χ2n) is 15.3. The number of nitrogens with one attached hydrogen (secondary N) is 4. The van der Waals surface area contributed by atoms with Crippen LogP contribution in [0.4, 0.5) is 21.0 Å². The van der Waals surface area contributed by atoms with Crippen molar-refractivity contribution in [3.05, 3.63) is 131 Å². The lowest BCUT2D eigenvalue weighted by molar-refractivity contribution is 0.0624. The van der Waals surface area contributed by atoms with E-state index >= 15 is 0 Å². The highest BCUT2D eigenvalue weighted by molar-refractivity contribution is 5.94. The van der Waals surface area contributed by atoms with Gasteiger partial charge in [-0.3, -0.25) is 30.2 Å². The van der Waals surface area contributed by atoms with E-state index in [0.29, 0.717) is 22.5 Å². The smallest absolute Gasteiger partial charge is 0.412 e. The molecule has 0 bridgehead atoms. The van der Waals surface area contributed by atoms with Gasteiger partial charge < -0.3 is 28.9 Å². The number of hydrogen-bond acceptors (Lipinski definition) is 8. The summed E-state index contributed by atoms with van der Waals surface area (Å²) in [6.45, 7) is 18.8. The van der Waals surface area contributed by atoms with Gasteiger partial charge in [-0.15, -0.1) is 0 Å². The molecular formula is C44H56N8O6. The Kier molecular flexibility index (Phi) is 16.1. The highest BCUT2D eigenvalue weighted by Gasteiger charge is 2.17. The van der Waals surface area contributed by atoms with Crippen LogP contribution in [0.2, 0.25) is 0 Å². The third-order valence-corrected chi connectivity index (χ3v) is 7.55. The van der Waals surface area contributed by atoms with Gasteiger partial charge in [-0.2, -0.15) is 0 Å². The van der Waals surface area contributed by atoms with Gasteiger partial charge in [0, 0.05) is 67.5 Å². The second-order valence-corrected chi connectivity index (χ2v) is 15.3. The number of aryl methyl sites for hydroxylation is 4. The first kappa shape index (κ1) is 45.7. The van der Waals surface area contributed by atoms with Crippen molar-refractivity contribution in [2.75, 3.05) is 24.7 Å². The van der Waals surface area contributed by atoms with Gasteiger partial charge in [0.2, 0.25) is 0 Å². The summed E-state index contributed by atoms with van der Waals surface area (Å²) in [7, 11) is 3.23. The van der Waals surface area contributed by atoms with E-state index in [1.165, 1.54) is 11.1 Å². The number of fused-ring (bicyclic) bond motifs is 2. The van der Waals surface area contributed by atoms with Crippen LogP contribution in [0.1, 0.15) is 84.8 Å². The Bertz CT molecular complexity index is 2300. The van der Waals surface area contributed by atoms with Gasteiger partial charge in [0.25, 0.3) is 11.8 Å². The molecule has 4 amide bonds. The molecule has 4 N–H and O–H groups in total. The summed E-state index contributed by atoms with van der Waals surface area (Å²) < 4.78 is 14.2. The molecule has 0 aliphatic carbocycles. The number of nitrogens with zero attached hydrogens (tertiary/aromatic N) is 4. The lowest BCUT2D eigenvalue weighted by atomic mass is 10.2. The molecule has 58 heavy (non-hydrogen) atoms. The number of ether oxygens (including phenoxy) is 2. The molecule has 6 aromatic rings. The van der Waals surface area contributed by atoms with Gasteiger partial charge in [-0.25, -0.2) is 9.59 Å². The van der Waals surface area contributed by atoms with Crippen molar-refractivity contribution in [1.29, 1.82) is 0 Å². The van der Waals surface area contributed by atoms with Gasteiger partial charge >= 0.3 is 12.2 Å². The average molecular weight is 793 g/mol. The normalized spacial score (nSPS) is 10.7. The van der Waals surface area contributed by atoms with Crippen LogP contribution in [0.5, 0.6) is 0 Å². The molecule has 308 valence electrons. The summed E-state index contributed by atoms with van der Waals surface area (Å²) in [5.74, 6) is -0.157. The SMILES string of the molecule is CNC(=O)c1ccc(C)nc1.CNC(=O)c1ccc2cc(C)cn2c1.Cc1cc2ccc(NC(=O)OC(C)(C)C)cn2c1.Cc1ccc(NC(=O)OC(C)(C)C)cn1. The number of aromatic nitrogens is 4. The summed E-state index contributed by atoms with van der Waals surface area (Å²) in [5.41, 5.74) is 8.06. The lowest BCUT2D eigenvalue weighted by Crippen LogP contribution is -2.27. The molecule has 0 saturated heterocycles. The van der Waals surface area contributed by atoms with Gasteiger partial charge in [0.15, 0.2) is 0 Å². The van der Waals surface area contributed by atoms with E-state index in [-0.39, 0.29) is 11.8 Å². The predicted octanol–water partition coefficient (Wildman–Crippen LogP) is 8.69. The fourth-order valence-corrected chi connectivity index (χ4v) is 4.99. The zero-order chi connectivity index (χ0) is 43.2. The Morgan fingerprint density at radius 3 is 1.43 bits per heavy atom. The molecule has 6 heterocycles. The first-order chi connectivity index (χ1) is 27.1. The number of hydrogen-bond donors (Lipinski definition) is 4. The minimum Gasteiger partial charge on any atom is -0.444 e. The van der Waals surface area contributed by atoms with E-state index in [1.54, 1.807) is 38.6 Å². The summed E-state index contributed by atoms with van der Waals surface area (Å²) >= 11 is 0. The molecule has 0 spiro atoms. The molecule has 14 nitrogen and oxygen atoms in total. The summed E-state index contributed by atoms with van der Waals surface area (Å²) in [5, 5.41) is 10.4. The Morgan fingerprint density at radius 2 is 0.966 bits per heavy atom. The minimum absolute atomic E-state index is 0.0572. The summed E-state index contributed by atoms with van der Waals surface area (Å²) in [4.78, 5) is 53.3. The third kappa shape index (κ3) is 15.8. The van der Waals surface area contributed by atoms with Crippen LogP contribution in [0.25, 0.3) is 11.0 Å². The zero-order valence-corrected chi connectivity index (χ0v) is 35.5. The molecule has 0 aromatic carbocycles. The minimum atomic E-state index is -0.488. The topological polar surface area (TPSA) is 169 Å². The highest BCUT2D eigenvalue weighted by atomic mass is 16.6. The number of amides is 4. The Morgan fingerprint density at radius 1 is 0.534 bits per heavy atom. The van der Waals surface area contributed by atoms with Crippen LogP contribution in [-0.2, 0) is 9.47 Å². The molecule has 6 rings (SSSR count). The quantitative estimate of drug-likeness (QED) is 0.137. The maximum atomic E-state index is 11.6. The van der Waals surface area contributed by atoms with E-state index in [9.17, 15) is 19.2 Å². The zero-order valence-electron chi connectivity index (χ0n) is 35.5. The van der Waals surface area contributed by atoms with Gasteiger partial charge in [0.1, 0.15) is 11.2 Å². The largest absolute Gasteiger partial charge is 0.444 e. The van der Waals surface area contributed by atoms with Crippen molar-refractivity contribution < 1.29 is 28.7 Å². The van der Waals surface area contributed by atoms with Crippen molar-refractivity contribution >= 4 is 46.4 Å². The van der Waals surface area contributed by atoms with E-state index in [0.717, 1.165) is 22.4 Å². The Hall–Kier alpha value is -6.70. The molecule has 0 aliphatic heterocycles. The number of carbonyl (C=O) groups is 4. The van der Waals surface area contributed by atoms with Crippen LogP contribution >= 0.6 is 0 Å². The molecule has 0 fully saturated rings. The number of rotatable bonds is 4. The average Bonchev–Trinajstić information content (AvgIpc) is 3.71. The standard InChI is InChI=1S/C14H18N2O2.C11H16N2O2.C11H12N2O.C8H10N2O/c1-10-7-12-6-5-11(9-16(12)8-10)15-13(17)18-14(2,3)4;1-8-5-6-9(7-12-8)13-10(14)15-11(2,3)4;1-8-5-10-4-3-9(11(14)12-2)7-13(10)6-8;1-6-3-4-7(5-10-6)8(11)9-2/h5-9H,1-4H3,(H,15,17);5-7H,1-4H3,(H,13,14);3-7H,1-2H3,(H,12,14);3-5H,1-2H3,(H,9,11). The van der Waals surface area contributed by atoms with E-state index in [4.69, 9.17) is 9.47 Å². The summed E-state index contributed by atoms with van der Waals surface area (Å²) in [6.07, 6.45) is 9.97. The number of anilines is 2. The van der Waals surface area contributed by atoms with Crippen LogP contribution in [-0.4, -0.2) is 68.1 Å². The fourth-order valence-electron chi connectivity index (χ4n) is 4.99. The van der Waals surface area contributed by atoms with Crippen LogP contribution in [0.3, 0.4) is 0 Å².